The molecular weight excluding hydrogens is 310 g/mol. The molecule has 2 aromatic heterocycles. The zero-order valence-electron chi connectivity index (χ0n) is 12.8. The van der Waals surface area contributed by atoms with E-state index >= 15 is 0 Å². The average Bonchev–Trinajstić information content (AvgIpc) is 3.01. The Morgan fingerprint density at radius 3 is 2.75 bits per heavy atom. The van der Waals surface area contributed by atoms with Crippen LogP contribution in [0.5, 0.6) is 0 Å². The average molecular weight is 325 g/mol. The zero-order chi connectivity index (χ0) is 17.1. The van der Waals surface area contributed by atoms with Crippen molar-refractivity contribution in [1.82, 2.24) is 19.9 Å². The molecule has 0 aliphatic heterocycles. The first-order valence-electron chi connectivity index (χ1n) is 7.35. The maximum absolute atomic E-state index is 12.1. The fourth-order valence-corrected chi connectivity index (χ4v) is 2.22. The van der Waals surface area contributed by atoms with Gasteiger partial charge in [-0.2, -0.15) is 0 Å². The first kappa shape index (κ1) is 15.5. The molecule has 0 spiro atoms. The van der Waals surface area contributed by atoms with Crippen LogP contribution in [0.4, 0.5) is 5.69 Å². The lowest BCUT2D eigenvalue weighted by atomic mass is 10.1. The highest BCUT2D eigenvalue weighted by Crippen LogP contribution is 2.19. The van der Waals surface area contributed by atoms with Gasteiger partial charge >= 0.3 is 5.69 Å². The lowest BCUT2D eigenvalue weighted by Gasteiger charge is -2.07. The van der Waals surface area contributed by atoms with Gasteiger partial charge in [-0.3, -0.25) is 9.59 Å². The fourth-order valence-electron chi connectivity index (χ4n) is 2.22. The number of carbonyl (C=O) groups excluding carboxylic acids is 1. The van der Waals surface area contributed by atoms with Crippen molar-refractivity contribution in [3.05, 3.63) is 68.8 Å². The van der Waals surface area contributed by atoms with E-state index in [4.69, 9.17) is 0 Å². The molecule has 1 amide bonds. The molecule has 0 radical (unpaired) electrons. The molecule has 8 nitrogen and oxygen atoms in total. The summed E-state index contributed by atoms with van der Waals surface area (Å²) in [4.78, 5) is 46.6. The second-order valence-electron chi connectivity index (χ2n) is 5.13. The second kappa shape index (κ2) is 6.37. The van der Waals surface area contributed by atoms with Crippen molar-refractivity contribution in [1.29, 1.82) is 0 Å². The van der Waals surface area contributed by atoms with E-state index in [1.807, 2.05) is 6.92 Å². The summed E-state index contributed by atoms with van der Waals surface area (Å²) in [6.45, 7) is 1.92. The van der Waals surface area contributed by atoms with Crippen LogP contribution in [0, 0.1) is 0 Å². The first-order valence-corrected chi connectivity index (χ1v) is 7.35. The number of nitrogens with one attached hydrogen (secondary N) is 4. The summed E-state index contributed by atoms with van der Waals surface area (Å²) in [5.74, 6) is -0.0141. The van der Waals surface area contributed by atoms with Crippen molar-refractivity contribution in [2.75, 3.05) is 5.32 Å². The van der Waals surface area contributed by atoms with E-state index in [0.29, 0.717) is 29.2 Å². The molecule has 0 saturated heterocycles. The molecule has 0 aliphatic carbocycles. The maximum atomic E-state index is 12.1. The number of imidazole rings is 1. The van der Waals surface area contributed by atoms with Crippen molar-refractivity contribution in [3.8, 4) is 11.4 Å². The number of aromatic amines is 3. The molecule has 8 heteroatoms. The normalized spacial score (nSPS) is 10.5. The van der Waals surface area contributed by atoms with Gasteiger partial charge in [-0.05, 0) is 18.6 Å². The van der Waals surface area contributed by atoms with Crippen LogP contribution in [0.3, 0.4) is 0 Å². The Morgan fingerprint density at radius 2 is 2.04 bits per heavy atom. The molecule has 122 valence electrons. The van der Waals surface area contributed by atoms with Gasteiger partial charge in [0.15, 0.2) is 0 Å². The summed E-state index contributed by atoms with van der Waals surface area (Å²) < 4.78 is 0. The van der Waals surface area contributed by atoms with Crippen molar-refractivity contribution >= 4 is 11.6 Å². The lowest BCUT2D eigenvalue weighted by molar-refractivity contribution is 0.102. The molecule has 0 saturated carbocycles. The second-order valence-corrected chi connectivity index (χ2v) is 5.13. The summed E-state index contributed by atoms with van der Waals surface area (Å²) in [5, 5.41) is 2.68. The highest BCUT2D eigenvalue weighted by Gasteiger charge is 2.10. The molecule has 3 rings (SSSR count). The molecule has 0 unspecified atom stereocenters. The smallest absolute Gasteiger partial charge is 0.321 e. The quantitative estimate of drug-likeness (QED) is 0.576. The molecule has 3 aromatic rings. The lowest BCUT2D eigenvalue weighted by Crippen LogP contribution is -2.14. The van der Waals surface area contributed by atoms with E-state index in [0.717, 1.165) is 0 Å². The number of benzene rings is 1. The number of carbonyl (C=O) groups is 1. The van der Waals surface area contributed by atoms with E-state index in [-0.39, 0.29) is 11.3 Å². The fraction of sp³-hybridized carbons (Fsp3) is 0.125. The highest BCUT2D eigenvalue weighted by molar-refractivity contribution is 6.02. The Labute approximate surface area is 136 Å². The third kappa shape index (κ3) is 3.32. The number of aryl methyl sites for hydroxylation is 1. The summed E-state index contributed by atoms with van der Waals surface area (Å²) in [6, 6.07) is 8.38. The van der Waals surface area contributed by atoms with Gasteiger partial charge in [0.25, 0.3) is 11.5 Å². The molecule has 4 N–H and O–H groups in total. The molecular formula is C16H15N5O3. The summed E-state index contributed by atoms with van der Waals surface area (Å²) in [6.07, 6.45) is 1.94. The van der Waals surface area contributed by atoms with Crippen LogP contribution in [0.15, 0.2) is 46.1 Å². The summed E-state index contributed by atoms with van der Waals surface area (Å²) in [7, 11) is 0. The van der Waals surface area contributed by atoms with Crippen molar-refractivity contribution in [2.24, 2.45) is 0 Å². The predicted octanol–water partition coefficient (Wildman–Crippen LogP) is 1.27. The van der Waals surface area contributed by atoms with E-state index in [2.05, 4.69) is 25.3 Å². The number of H-pyrrole nitrogens is 3. The monoisotopic (exact) mass is 325 g/mol. The molecule has 1 aromatic carbocycles. The SMILES string of the molecule is CCc1cc(=O)[nH]c(-c2cccc(NC(=O)c3c[nH]c(=O)[nH]3)c2)n1. The number of nitrogens with zero attached hydrogens (tertiary/aromatic N) is 1. The van der Waals surface area contributed by atoms with E-state index < -0.39 is 11.6 Å². The number of rotatable bonds is 4. The largest absolute Gasteiger partial charge is 0.323 e. The van der Waals surface area contributed by atoms with E-state index in [9.17, 15) is 14.4 Å². The third-order valence-corrected chi connectivity index (χ3v) is 3.39. The van der Waals surface area contributed by atoms with Crippen LogP contribution in [0.1, 0.15) is 23.1 Å². The van der Waals surface area contributed by atoms with Crippen LogP contribution in [-0.2, 0) is 6.42 Å². The number of hydrogen-bond donors (Lipinski definition) is 4. The van der Waals surface area contributed by atoms with Gasteiger partial charge in [0.2, 0.25) is 0 Å². The van der Waals surface area contributed by atoms with Crippen LogP contribution in [0.25, 0.3) is 11.4 Å². The Kier molecular flexibility index (Phi) is 4.11. The summed E-state index contributed by atoms with van der Waals surface area (Å²) in [5.41, 5.74) is 1.33. The minimum Gasteiger partial charge on any atom is -0.321 e. The topological polar surface area (TPSA) is 123 Å². The molecule has 0 bridgehead atoms. The van der Waals surface area contributed by atoms with Crippen molar-refractivity contribution in [3.63, 3.8) is 0 Å². The number of anilines is 1. The maximum Gasteiger partial charge on any atom is 0.323 e. The molecule has 0 atom stereocenters. The number of hydrogen-bond acceptors (Lipinski definition) is 4. The van der Waals surface area contributed by atoms with Crippen LogP contribution < -0.4 is 16.6 Å². The third-order valence-electron chi connectivity index (χ3n) is 3.39. The first-order chi connectivity index (χ1) is 11.5. The van der Waals surface area contributed by atoms with Crippen LogP contribution in [0.2, 0.25) is 0 Å². The molecule has 24 heavy (non-hydrogen) atoms. The Bertz CT molecular complexity index is 999. The van der Waals surface area contributed by atoms with Gasteiger partial charge < -0.3 is 20.3 Å². The van der Waals surface area contributed by atoms with Crippen molar-refractivity contribution < 1.29 is 4.79 Å². The van der Waals surface area contributed by atoms with E-state index in [1.165, 1.54) is 12.3 Å². The minimum absolute atomic E-state index is 0.130. The Hall–Kier alpha value is -3.42. The minimum atomic E-state index is -0.452. The Balaban J connectivity index is 1.89. The zero-order valence-corrected chi connectivity index (χ0v) is 12.8. The molecule has 0 aliphatic rings. The highest BCUT2D eigenvalue weighted by atomic mass is 16.2. The molecule has 0 fully saturated rings. The number of amides is 1. The van der Waals surface area contributed by atoms with Gasteiger partial charge in [0, 0.05) is 29.2 Å². The van der Waals surface area contributed by atoms with Crippen molar-refractivity contribution in [2.45, 2.75) is 13.3 Å². The molecule has 2 heterocycles. The van der Waals surface area contributed by atoms with Gasteiger partial charge in [0.1, 0.15) is 11.5 Å². The van der Waals surface area contributed by atoms with Crippen LogP contribution in [-0.4, -0.2) is 25.8 Å². The van der Waals surface area contributed by atoms with Gasteiger partial charge in [-0.15, -0.1) is 0 Å². The summed E-state index contributed by atoms with van der Waals surface area (Å²) >= 11 is 0. The van der Waals surface area contributed by atoms with Gasteiger partial charge in [0.05, 0.1) is 0 Å². The predicted molar refractivity (Wildman–Crippen MR) is 89.0 cm³/mol. The standard InChI is InChI=1S/C16H15N5O3/c1-2-10-7-13(22)21-14(18-10)9-4-3-5-11(6-9)19-15(23)12-8-17-16(24)20-12/h3-8H,2H2,1H3,(H,19,23)(H2,17,20,24)(H,18,21,22). The van der Waals surface area contributed by atoms with Gasteiger partial charge in [-0.25, -0.2) is 9.78 Å². The van der Waals surface area contributed by atoms with Gasteiger partial charge in [-0.1, -0.05) is 19.1 Å². The van der Waals surface area contributed by atoms with Crippen LogP contribution >= 0.6 is 0 Å². The Morgan fingerprint density at radius 1 is 1.21 bits per heavy atom. The number of aromatic nitrogens is 4. The van der Waals surface area contributed by atoms with E-state index in [1.54, 1.807) is 24.3 Å².